The molecule has 1 heterocycles. The number of halogens is 1. The third-order valence-electron chi connectivity index (χ3n) is 4.23. The molecule has 0 N–H and O–H groups in total. The third-order valence-corrected chi connectivity index (χ3v) is 5.07. The van der Waals surface area contributed by atoms with Gasteiger partial charge in [-0.3, -0.25) is 0 Å². The molecule has 0 amide bonds. The van der Waals surface area contributed by atoms with E-state index in [0.717, 1.165) is 19.1 Å². The molecule has 0 atom stereocenters. The summed E-state index contributed by atoms with van der Waals surface area (Å²) in [5.41, 5.74) is 0.623. The Labute approximate surface area is 176 Å². The zero-order valence-corrected chi connectivity index (χ0v) is 18.7. The maximum absolute atomic E-state index is 13.9. The van der Waals surface area contributed by atoms with Gasteiger partial charge < -0.3 is 9.47 Å². The van der Waals surface area contributed by atoms with E-state index < -0.39 is 26.8 Å². The quantitative estimate of drug-likeness (QED) is 0.329. The van der Waals surface area contributed by atoms with Crippen LogP contribution in [0.2, 0.25) is 0 Å². The smallest absolute Gasteiger partial charge is 0.342 e. The molecule has 30 heavy (non-hydrogen) atoms. The fraction of sp³-hybridized carbons (Fsp3) is 0.476. The van der Waals surface area contributed by atoms with Crippen LogP contribution in [0.4, 0.5) is 4.39 Å². The van der Waals surface area contributed by atoms with Crippen molar-refractivity contribution in [3.63, 3.8) is 0 Å². The summed E-state index contributed by atoms with van der Waals surface area (Å²) in [6.45, 7) is 7.67. The molecule has 9 heteroatoms. The Hall–Kier alpha value is -2.55. The number of nitrogens with zero attached hydrogens (tertiary/aromatic N) is 2. The van der Waals surface area contributed by atoms with Gasteiger partial charge in [-0.15, -0.1) is 0 Å². The van der Waals surface area contributed by atoms with Crippen molar-refractivity contribution in [2.45, 2.75) is 51.6 Å². The summed E-state index contributed by atoms with van der Waals surface area (Å²) in [4.78, 5) is 21.1. The molecule has 2 aromatic rings. The minimum Gasteiger partial charge on any atom is -0.493 e. The highest BCUT2D eigenvalue weighted by atomic mass is 32.2. The molecule has 0 unspecified atom stereocenters. The van der Waals surface area contributed by atoms with Gasteiger partial charge in [0, 0.05) is 17.9 Å². The molecule has 7 nitrogen and oxygen atoms in total. The second-order valence-electron chi connectivity index (χ2n) is 7.10. The van der Waals surface area contributed by atoms with E-state index in [9.17, 15) is 17.6 Å². The van der Waals surface area contributed by atoms with E-state index in [4.69, 9.17) is 9.47 Å². The zero-order chi connectivity index (χ0) is 22.5. The highest BCUT2D eigenvalue weighted by molar-refractivity contribution is 7.90. The number of esters is 1. The summed E-state index contributed by atoms with van der Waals surface area (Å²) in [7, 11) is -3.78. The molecule has 0 saturated carbocycles. The van der Waals surface area contributed by atoms with Crippen LogP contribution in [0.1, 0.15) is 62.5 Å². The zero-order valence-electron chi connectivity index (χ0n) is 17.9. The SMILES string of the molecule is CCCCOc1cc(F)ccc1-c1nc(S(C)(=O)=O)nc(C(C)C)c1C(=O)OCC. The third kappa shape index (κ3) is 5.53. The van der Waals surface area contributed by atoms with Gasteiger partial charge in [-0.05, 0) is 31.4 Å². The van der Waals surface area contributed by atoms with E-state index in [1.54, 1.807) is 20.8 Å². The Morgan fingerprint density at radius 3 is 2.47 bits per heavy atom. The van der Waals surface area contributed by atoms with Crippen molar-refractivity contribution in [1.82, 2.24) is 9.97 Å². The number of carbonyl (C=O) groups is 1. The lowest BCUT2D eigenvalue weighted by molar-refractivity contribution is 0.0524. The highest BCUT2D eigenvalue weighted by Gasteiger charge is 2.28. The largest absolute Gasteiger partial charge is 0.493 e. The lowest BCUT2D eigenvalue weighted by atomic mass is 9.98. The number of hydrogen-bond acceptors (Lipinski definition) is 7. The Bertz CT molecular complexity index is 1020. The molecule has 0 saturated heterocycles. The number of ether oxygens (including phenoxy) is 2. The second kappa shape index (κ2) is 9.97. The second-order valence-corrected chi connectivity index (χ2v) is 9.01. The van der Waals surface area contributed by atoms with Crippen molar-refractivity contribution in [3.8, 4) is 17.0 Å². The molecular formula is C21H27FN2O5S. The first-order valence-corrected chi connectivity index (χ1v) is 11.7. The fourth-order valence-electron chi connectivity index (χ4n) is 2.78. The molecule has 0 radical (unpaired) electrons. The molecule has 0 fully saturated rings. The first-order chi connectivity index (χ1) is 14.1. The van der Waals surface area contributed by atoms with Gasteiger partial charge in [-0.1, -0.05) is 27.2 Å². The molecule has 0 aliphatic rings. The van der Waals surface area contributed by atoms with Crippen molar-refractivity contribution in [2.75, 3.05) is 19.5 Å². The summed E-state index contributed by atoms with van der Waals surface area (Å²) in [5.74, 6) is -1.33. The molecule has 1 aromatic heterocycles. The van der Waals surface area contributed by atoms with Crippen LogP contribution in [0, 0.1) is 5.82 Å². The predicted molar refractivity (Wildman–Crippen MR) is 111 cm³/mol. The van der Waals surface area contributed by atoms with Crippen LogP contribution in [-0.2, 0) is 14.6 Å². The molecule has 1 aromatic carbocycles. The van der Waals surface area contributed by atoms with Crippen LogP contribution in [-0.4, -0.2) is 43.8 Å². The van der Waals surface area contributed by atoms with Crippen LogP contribution in [0.25, 0.3) is 11.3 Å². The molecule has 0 spiro atoms. The van der Waals surface area contributed by atoms with Gasteiger partial charge in [0.15, 0.2) is 0 Å². The standard InChI is InChI=1S/C21H27FN2O5S/c1-6-8-11-29-16-12-14(22)9-10-15(16)19-17(20(25)28-7-2)18(13(3)4)23-21(24-19)30(5,26)27/h9-10,12-13H,6-8,11H2,1-5H3. The van der Waals surface area contributed by atoms with Crippen molar-refractivity contribution < 1.29 is 27.1 Å². The maximum Gasteiger partial charge on any atom is 0.342 e. The van der Waals surface area contributed by atoms with Crippen LogP contribution in [0.3, 0.4) is 0 Å². The topological polar surface area (TPSA) is 95.5 Å². The number of aromatic nitrogens is 2. The Balaban J connectivity index is 2.86. The number of carbonyl (C=O) groups excluding carboxylic acids is 1. The Morgan fingerprint density at radius 2 is 1.90 bits per heavy atom. The van der Waals surface area contributed by atoms with Crippen LogP contribution in [0.5, 0.6) is 5.75 Å². The number of benzene rings is 1. The first-order valence-electron chi connectivity index (χ1n) is 9.81. The van der Waals surface area contributed by atoms with E-state index in [1.807, 2.05) is 6.92 Å². The van der Waals surface area contributed by atoms with Crippen molar-refractivity contribution in [3.05, 3.63) is 35.3 Å². The van der Waals surface area contributed by atoms with Gasteiger partial charge in [-0.25, -0.2) is 27.6 Å². The van der Waals surface area contributed by atoms with Gasteiger partial charge in [0.1, 0.15) is 17.1 Å². The van der Waals surface area contributed by atoms with Crippen LogP contribution in [0.15, 0.2) is 23.4 Å². The van der Waals surface area contributed by atoms with Crippen molar-refractivity contribution in [2.24, 2.45) is 0 Å². The van der Waals surface area contributed by atoms with Gasteiger partial charge in [0.05, 0.1) is 24.6 Å². The highest BCUT2D eigenvalue weighted by Crippen LogP contribution is 2.35. The molecule has 0 aliphatic carbocycles. The van der Waals surface area contributed by atoms with Crippen molar-refractivity contribution >= 4 is 15.8 Å². The molecule has 164 valence electrons. The number of sulfone groups is 1. The number of unbranched alkanes of at least 4 members (excludes halogenated alkanes) is 1. The summed E-state index contributed by atoms with van der Waals surface area (Å²) in [5, 5.41) is -0.418. The monoisotopic (exact) mass is 438 g/mol. The van der Waals surface area contributed by atoms with E-state index >= 15 is 0 Å². The van der Waals surface area contributed by atoms with E-state index in [1.165, 1.54) is 18.2 Å². The summed E-state index contributed by atoms with van der Waals surface area (Å²) >= 11 is 0. The first kappa shape index (κ1) is 23.7. The maximum atomic E-state index is 13.9. The van der Waals surface area contributed by atoms with Crippen LogP contribution >= 0.6 is 0 Å². The lowest BCUT2D eigenvalue weighted by Crippen LogP contribution is -2.18. The van der Waals surface area contributed by atoms with Gasteiger partial charge in [-0.2, -0.15) is 0 Å². The summed E-state index contributed by atoms with van der Waals surface area (Å²) < 4.78 is 49.3. The molecule has 2 rings (SSSR count). The van der Waals surface area contributed by atoms with Crippen LogP contribution < -0.4 is 4.74 Å². The van der Waals surface area contributed by atoms with Gasteiger partial charge in [0.25, 0.3) is 0 Å². The molecule has 0 aliphatic heterocycles. The van der Waals surface area contributed by atoms with Crippen molar-refractivity contribution in [1.29, 1.82) is 0 Å². The Morgan fingerprint density at radius 1 is 1.20 bits per heavy atom. The average molecular weight is 439 g/mol. The fourth-order valence-corrected chi connectivity index (χ4v) is 3.30. The predicted octanol–water partition coefficient (Wildman–Crippen LogP) is 4.17. The number of rotatable bonds is 9. The molecule has 0 bridgehead atoms. The molecular weight excluding hydrogens is 411 g/mol. The van der Waals surface area contributed by atoms with Gasteiger partial charge in [0.2, 0.25) is 15.0 Å². The minimum atomic E-state index is -3.78. The normalized spacial score (nSPS) is 11.6. The summed E-state index contributed by atoms with van der Waals surface area (Å²) in [6.07, 6.45) is 2.61. The van der Waals surface area contributed by atoms with E-state index in [2.05, 4.69) is 9.97 Å². The summed E-state index contributed by atoms with van der Waals surface area (Å²) in [6, 6.07) is 3.81. The van der Waals surface area contributed by atoms with E-state index in [0.29, 0.717) is 12.2 Å². The Kier molecular flexibility index (Phi) is 7.89. The number of hydrogen-bond donors (Lipinski definition) is 0. The minimum absolute atomic E-state index is 0.0408. The lowest BCUT2D eigenvalue weighted by Gasteiger charge is -2.18. The van der Waals surface area contributed by atoms with Gasteiger partial charge >= 0.3 is 5.97 Å². The average Bonchev–Trinajstić information content (AvgIpc) is 2.66. The van der Waals surface area contributed by atoms with E-state index in [-0.39, 0.29) is 35.2 Å².